The van der Waals surface area contributed by atoms with Gasteiger partial charge in [-0.25, -0.2) is 14.8 Å². The van der Waals surface area contributed by atoms with Crippen molar-refractivity contribution < 1.29 is 23.1 Å². The van der Waals surface area contributed by atoms with Crippen LogP contribution < -0.4 is 5.73 Å². The summed E-state index contributed by atoms with van der Waals surface area (Å²) in [7, 11) is 0. The van der Waals surface area contributed by atoms with Crippen LogP contribution in [0, 0.1) is 0 Å². The molecule has 14 heavy (non-hydrogen) atoms. The number of rotatable bonds is 0. The van der Waals surface area contributed by atoms with E-state index in [0.29, 0.717) is 5.82 Å². The molecule has 1 heterocycles. The topological polar surface area (TPSA) is 89.1 Å². The fourth-order valence-electron chi connectivity index (χ4n) is 0.301. The van der Waals surface area contributed by atoms with E-state index in [1.807, 2.05) is 0 Å². The number of aromatic nitrogens is 2. The van der Waals surface area contributed by atoms with Crippen molar-refractivity contribution in [2.75, 3.05) is 5.73 Å². The van der Waals surface area contributed by atoms with Crippen LogP contribution in [-0.2, 0) is 4.79 Å². The molecule has 0 aromatic carbocycles. The Morgan fingerprint density at radius 2 is 2.00 bits per heavy atom. The Kier molecular flexibility index (Phi) is 4.33. The third-order valence-electron chi connectivity index (χ3n) is 0.847. The molecule has 0 spiro atoms. The first-order valence-corrected chi connectivity index (χ1v) is 3.15. The molecule has 0 amide bonds. The Bertz CT molecular complexity index is 288. The molecule has 0 aliphatic carbocycles. The summed E-state index contributed by atoms with van der Waals surface area (Å²) >= 11 is 0. The predicted octanol–water partition coefficient (Wildman–Crippen LogP) is 0.692. The highest BCUT2D eigenvalue weighted by atomic mass is 19.4. The van der Waals surface area contributed by atoms with Crippen molar-refractivity contribution in [3.63, 3.8) is 0 Å². The molecule has 1 aromatic rings. The maximum atomic E-state index is 10.6. The van der Waals surface area contributed by atoms with Gasteiger partial charge in [-0.05, 0) is 6.07 Å². The molecule has 0 bridgehead atoms. The number of nitrogens with zero attached hydrogens (tertiary/aromatic N) is 2. The molecule has 5 nitrogen and oxygen atoms in total. The molecular formula is C6H6F3N3O2. The van der Waals surface area contributed by atoms with Crippen LogP contribution in [-0.4, -0.2) is 27.2 Å². The van der Waals surface area contributed by atoms with Crippen LogP contribution in [0.2, 0.25) is 0 Å². The summed E-state index contributed by atoms with van der Waals surface area (Å²) in [6.45, 7) is 0. The first-order valence-electron chi connectivity index (χ1n) is 3.15. The van der Waals surface area contributed by atoms with Gasteiger partial charge in [0.25, 0.3) is 0 Å². The molecule has 0 fully saturated rings. The molecule has 78 valence electrons. The van der Waals surface area contributed by atoms with E-state index < -0.39 is 12.1 Å². The minimum absolute atomic E-state index is 0.509. The van der Waals surface area contributed by atoms with Gasteiger partial charge < -0.3 is 10.8 Å². The molecule has 0 radical (unpaired) electrons. The third kappa shape index (κ3) is 5.75. The third-order valence-corrected chi connectivity index (χ3v) is 0.847. The number of nitrogens with two attached hydrogens (primary N) is 1. The fourth-order valence-corrected chi connectivity index (χ4v) is 0.301. The fraction of sp³-hybridized carbons (Fsp3) is 0.167. The highest BCUT2D eigenvalue weighted by Crippen LogP contribution is 2.13. The summed E-state index contributed by atoms with van der Waals surface area (Å²) in [4.78, 5) is 16.2. The van der Waals surface area contributed by atoms with E-state index in [0.717, 1.165) is 0 Å². The summed E-state index contributed by atoms with van der Waals surface area (Å²) in [6.07, 6.45) is -2.07. The van der Waals surface area contributed by atoms with Crippen molar-refractivity contribution in [3.05, 3.63) is 18.6 Å². The molecule has 0 unspecified atom stereocenters. The predicted molar refractivity (Wildman–Crippen MR) is 40.1 cm³/mol. The normalized spacial score (nSPS) is 9.93. The zero-order valence-electron chi connectivity index (χ0n) is 6.69. The van der Waals surface area contributed by atoms with Gasteiger partial charge in [0, 0.05) is 6.20 Å². The Balaban J connectivity index is 0.000000241. The van der Waals surface area contributed by atoms with Crippen molar-refractivity contribution in [2.24, 2.45) is 0 Å². The molecule has 0 saturated heterocycles. The number of halogens is 3. The molecule has 0 aliphatic heterocycles. The van der Waals surface area contributed by atoms with Crippen molar-refractivity contribution in [1.82, 2.24) is 9.97 Å². The lowest BCUT2D eigenvalue weighted by Gasteiger charge is -1.93. The largest absolute Gasteiger partial charge is 0.490 e. The number of hydrogen-bond acceptors (Lipinski definition) is 4. The quantitative estimate of drug-likeness (QED) is 0.656. The highest BCUT2D eigenvalue weighted by molar-refractivity contribution is 5.73. The average molecular weight is 209 g/mol. The van der Waals surface area contributed by atoms with Gasteiger partial charge in [0.2, 0.25) is 0 Å². The Hall–Kier alpha value is -1.86. The maximum absolute atomic E-state index is 10.6. The molecule has 1 aromatic heterocycles. The van der Waals surface area contributed by atoms with Crippen molar-refractivity contribution >= 4 is 11.8 Å². The highest BCUT2D eigenvalue weighted by Gasteiger charge is 2.38. The van der Waals surface area contributed by atoms with E-state index >= 15 is 0 Å². The lowest BCUT2D eigenvalue weighted by atomic mass is 10.6. The summed E-state index contributed by atoms with van der Waals surface area (Å²) < 4.78 is 31.7. The lowest BCUT2D eigenvalue weighted by molar-refractivity contribution is -0.192. The Morgan fingerprint density at radius 1 is 1.50 bits per heavy atom. The lowest BCUT2D eigenvalue weighted by Crippen LogP contribution is -2.21. The smallest absolute Gasteiger partial charge is 0.475 e. The van der Waals surface area contributed by atoms with Crippen LogP contribution in [0.15, 0.2) is 18.6 Å². The Labute approximate surface area is 76.4 Å². The molecule has 1 rings (SSSR count). The van der Waals surface area contributed by atoms with E-state index in [2.05, 4.69) is 9.97 Å². The molecular weight excluding hydrogens is 203 g/mol. The summed E-state index contributed by atoms with van der Waals surface area (Å²) in [5.41, 5.74) is 5.21. The summed E-state index contributed by atoms with van der Waals surface area (Å²) in [5, 5.41) is 7.12. The van der Waals surface area contributed by atoms with Crippen LogP contribution >= 0.6 is 0 Å². The maximum Gasteiger partial charge on any atom is 0.490 e. The number of alkyl halides is 3. The number of nitrogen functional groups attached to an aromatic ring is 1. The van der Waals surface area contributed by atoms with Gasteiger partial charge in [-0.2, -0.15) is 13.2 Å². The number of carbonyl (C=O) groups is 1. The number of aliphatic carboxylic acids is 1. The Morgan fingerprint density at radius 3 is 2.14 bits per heavy atom. The molecule has 3 N–H and O–H groups in total. The summed E-state index contributed by atoms with van der Waals surface area (Å²) in [5.74, 6) is -2.25. The van der Waals surface area contributed by atoms with Gasteiger partial charge >= 0.3 is 12.1 Å². The zero-order valence-corrected chi connectivity index (χ0v) is 6.69. The first-order chi connectivity index (χ1) is 6.34. The van der Waals surface area contributed by atoms with Gasteiger partial charge in [-0.15, -0.1) is 0 Å². The minimum Gasteiger partial charge on any atom is -0.475 e. The second kappa shape index (κ2) is 5.00. The SMILES string of the molecule is Nc1ccncn1.O=C(O)C(F)(F)F. The van der Waals surface area contributed by atoms with Crippen LogP contribution in [0.25, 0.3) is 0 Å². The number of carboxylic acid groups (broad SMARTS) is 1. The number of carboxylic acids is 1. The van der Waals surface area contributed by atoms with Gasteiger partial charge in [0.1, 0.15) is 12.1 Å². The van der Waals surface area contributed by atoms with Crippen molar-refractivity contribution in [2.45, 2.75) is 6.18 Å². The van der Waals surface area contributed by atoms with E-state index in [4.69, 9.17) is 15.6 Å². The first kappa shape index (κ1) is 12.1. The van der Waals surface area contributed by atoms with E-state index in [-0.39, 0.29) is 0 Å². The van der Waals surface area contributed by atoms with E-state index in [1.54, 1.807) is 12.3 Å². The number of anilines is 1. The van der Waals surface area contributed by atoms with Gasteiger partial charge in [-0.3, -0.25) is 0 Å². The summed E-state index contributed by atoms with van der Waals surface area (Å²) in [6, 6.07) is 1.64. The molecule has 0 saturated carbocycles. The van der Waals surface area contributed by atoms with Gasteiger partial charge in [-0.1, -0.05) is 0 Å². The standard InChI is InChI=1S/C4H5N3.C2HF3O2/c5-4-1-2-6-3-7-4;3-2(4,5)1(6)7/h1-3H,(H2,5,6,7);(H,6,7). The minimum atomic E-state index is -5.08. The van der Waals surface area contributed by atoms with Crippen LogP contribution in [0.1, 0.15) is 0 Å². The second-order valence-electron chi connectivity index (χ2n) is 1.94. The van der Waals surface area contributed by atoms with Gasteiger partial charge in [0.15, 0.2) is 0 Å². The second-order valence-corrected chi connectivity index (χ2v) is 1.94. The van der Waals surface area contributed by atoms with Gasteiger partial charge in [0.05, 0.1) is 0 Å². The van der Waals surface area contributed by atoms with Crippen LogP contribution in [0.4, 0.5) is 19.0 Å². The van der Waals surface area contributed by atoms with Crippen LogP contribution in [0.3, 0.4) is 0 Å². The monoisotopic (exact) mass is 209 g/mol. The zero-order chi connectivity index (χ0) is 11.2. The number of hydrogen-bond donors (Lipinski definition) is 2. The van der Waals surface area contributed by atoms with E-state index in [9.17, 15) is 13.2 Å². The van der Waals surface area contributed by atoms with E-state index in [1.165, 1.54) is 6.33 Å². The van der Waals surface area contributed by atoms with Crippen LogP contribution in [0.5, 0.6) is 0 Å². The molecule has 0 atom stereocenters. The van der Waals surface area contributed by atoms with Crippen molar-refractivity contribution in [3.8, 4) is 0 Å². The molecule has 0 aliphatic rings. The molecule has 8 heteroatoms. The average Bonchev–Trinajstić information content (AvgIpc) is 2.04. The van der Waals surface area contributed by atoms with Crippen molar-refractivity contribution in [1.29, 1.82) is 0 Å².